The van der Waals surface area contributed by atoms with Gasteiger partial charge in [0, 0.05) is 0 Å². The molecule has 0 amide bonds. The SMILES string of the molecule is CC=C(C)C1OCC(CO)O1. The van der Waals surface area contributed by atoms with Crippen LogP contribution in [0.1, 0.15) is 13.8 Å². The first kappa shape index (κ1) is 8.71. The van der Waals surface area contributed by atoms with Crippen LogP contribution in [0.2, 0.25) is 0 Å². The van der Waals surface area contributed by atoms with Crippen molar-refractivity contribution in [2.45, 2.75) is 26.2 Å². The molecule has 3 heteroatoms. The molecule has 1 rings (SSSR count). The predicted molar refractivity (Wildman–Crippen MR) is 41.1 cm³/mol. The average Bonchev–Trinajstić information content (AvgIpc) is 2.50. The molecule has 0 aromatic heterocycles. The number of aliphatic hydroxyl groups excluding tert-OH is 1. The quantitative estimate of drug-likeness (QED) is 0.601. The molecule has 1 N–H and O–H groups in total. The number of hydrogen-bond acceptors (Lipinski definition) is 3. The van der Waals surface area contributed by atoms with Crippen LogP contribution in [0.5, 0.6) is 0 Å². The third kappa shape index (κ3) is 2.02. The molecule has 11 heavy (non-hydrogen) atoms. The largest absolute Gasteiger partial charge is 0.394 e. The second-order valence-corrected chi connectivity index (χ2v) is 2.64. The van der Waals surface area contributed by atoms with E-state index in [-0.39, 0.29) is 19.0 Å². The summed E-state index contributed by atoms with van der Waals surface area (Å²) in [6, 6.07) is 0. The van der Waals surface area contributed by atoms with Crippen molar-refractivity contribution in [1.29, 1.82) is 0 Å². The summed E-state index contributed by atoms with van der Waals surface area (Å²) in [5, 5.41) is 8.71. The van der Waals surface area contributed by atoms with Crippen molar-refractivity contribution in [3.8, 4) is 0 Å². The van der Waals surface area contributed by atoms with Crippen molar-refractivity contribution in [2.24, 2.45) is 0 Å². The molecule has 0 spiro atoms. The van der Waals surface area contributed by atoms with Gasteiger partial charge in [0.2, 0.25) is 0 Å². The maximum absolute atomic E-state index is 8.71. The minimum Gasteiger partial charge on any atom is -0.394 e. The van der Waals surface area contributed by atoms with Gasteiger partial charge in [-0.2, -0.15) is 0 Å². The summed E-state index contributed by atoms with van der Waals surface area (Å²) in [6.07, 6.45) is 1.57. The summed E-state index contributed by atoms with van der Waals surface area (Å²) in [5.41, 5.74) is 1.06. The fraction of sp³-hybridized carbons (Fsp3) is 0.750. The van der Waals surface area contributed by atoms with Crippen LogP contribution in [0, 0.1) is 0 Å². The molecule has 2 atom stereocenters. The zero-order chi connectivity index (χ0) is 8.27. The Hall–Kier alpha value is -0.380. The van der Waals surface area contributed by atoms with Gasteiger partial charge in [0.25, 0.3) is 0 Å². The highest BCUT2D eigenvalue weighted by Crippen LogP contribution is 2.17. The molecule has 1 aliphatic heterocycles. The highest BCUT2D eigenvalue weighted by atomic mass is 16.7. The molecule has 0 bridgehead atoms. The van der Waals surface area contributed by atoms with Crippen molar-refractivity contribution in [3.05, 3.63) is 11.6 Å². The van der Waals surface area contributed by atoms with E-state index in [1.807, 2.05) is 19.9 Å². The Morgan fingerprint density at radius 1 is 1.73 bits per heavy atom. The van der Waals surface area contributed by atoms with E-state index in [0.717, 1.165) is 5.57 Å². The number of aliphatic hydroxyl groups is 1. The number of rotatable bonds is 2. The highest BCUT2D eigenvalue weighted by molar-refractivity contribution is 5.01. The minimum absolute atomic E-state index is 0.0352. The summed E-state index contributed by atoms with van der Waals surface area (Å²) in [7, 11) is 0. The van der Waals surface area contributed by atoms with Gasteiger partial charge in [0.05, 0.1) is 13.2 Å². The van der Waals surface area contributed by atoms with Crippen molar-refractivity contribution < 1.29 is 14.6 Å². The maximum Gasteiger partial charge on any atom is 0.180 e. The summed E-state index contributed by atoms with van der Waals surface area (Å²) >= 11 is 0. The van der Waals surface area contributed by atoms with Gasteiger partial charge in [0.1, 0.15) is 6.10 Å². The Bertz CT molecular complexity index is 153. The third-order valence-corrected chi connectivity index (χ3v) is 1.78. The van der Waals surface area contributed by atoms with Crippen LogP contribution in [0.15, 0.2) is 11.6 Å². The van der Waals surface area contributed by atoms with Gasteiger partial charge in [-0.1, -0.05) is 6.08 Å². The lowest BCUT2D eigenvalue weighted by molar-refractivity contribution is -0.0379. The van der Waals surface area contributed by atoms with E-state index in [4.69, 9.17) is 14.6 Å². The maximum atomic E-state index is 8.71. The van der Waals surface area contributed by atoms with Crippen LogP contribution in [0.25, 0.3) is 0 Å². The van der Waals surface area contributed by atoms with E-state index in [9.17, 15) is 0 Å². The average molecular weight is 158 g/mol. The van der Waals surface area contributed by atoms with E-state index in [2.05, 4.69) is 0 Å². The molecule has 0 saturated carbocycles. The molecular weight excluding hydrogens is 144 g/mol. The first-order valence-corrected chi connectivity index (χ1v) is 3.78. The van der Waals surface area contributed by atoms with Crippen LogP contribution >= 0.6 is 0 Å². The van der Waals surface area contributed by atoms with Gasteiger partial charge in [0.15, 0.2) is 6.29 Å². The fourth-order valence-electron chi connectivity index (χ4n) is 0.919. The lowest BCUT2D eigenvalue weighted by Gasteiger charge is -2.09. The van der Waals surface area contributed by atoms with Crippen LogP contribution in [-0.4, -0.2) is 30.7 Å². The molecule has 1 fully saturated rings. The van der Waals surface area contributed by atoms with Crippen LogP contribution in [0.3, 0.4) is 0 Å². The predicted octanol–water partition coefficient (Wildman–Crippen LogP) is 0.686. The zero-order valence-electron chi connectivity index (χ0n) is 6.91. The van der Waals surface area contributed by atoms with Crippen LogP contribution in [-0.2, 0) is 9.47 Å². The number of ether oxygens (including phenoxy) is 2. The molecule has 0 radical (unpaired) electrons. The van der Waals surface area contributed by atoms with E-state index < -0.39 is 0 Å². The van der Waals surface area contributed by atoms with E-state index in [0.29, 0.717) is 6.61 Å². The summed E-state index contributed by atoms with van der Waals surface area (Å²) in [6.45, 7) is 4.42. The minimum atomic E-state index is -0.239. The van der Waals surface area contributed by atoms with Gasteiger partial charge in [-0.05, 0) is 19.4 Å². The van der Waals surface area contributed by atoms with Gasteiger partial charge >= 0.3 is 0 Å². The third-order valence-electron chi connectivity index (χ3n) is 1.78. The normalized spacial score (nSPS) is 32.8. The second-order valence-electron chi connectivity index (χ2n) is 2.64. The second kappa shape index (κ2) is 3.85. The standard InChI is InChI=1S/C8H14O3/c1-3-6(2)8-10-5-7(4-9)11-8/h3,7-9H,4-5H2,1-2H3. The molecule has 0 aromatic rings. The molecule has 0 aromatic carbocycles. The Kier molecular flexibility index (Phi) is 3.05. The molecule has 1 aliphatic rings. The molecule has 1 saturated heterocycles. The molecule has 64 valence electrons. The van der Waals surface area contributed by atoms with Crippen molar-refractivity contribution in [3.63, 3.8) is 0 Å². The van der Waals surface area contributed by atoms with Crippen LogP contribution < -0.4 is 0 Å². The monoisotopic (exact) mass is 158 g/mol. The summed E-state index contributed by atoms with van der Waals surface area (Å²) in [4.78, 5) is 0. The molecule has 3 nitrogen and oxygen atoms in total. The van der Waals surface area contributed by atoms with Gasteiger partial charge in [-0.25, -0.2) is 0 Å². The first-order chi connectivity index (χ1) is 5.27. The van der Waals surface area contributed by atoms with Gasteiger partial charge in [-0.3, -0.25) is 0 Å². The zero-order valence-corrected chi connectivity index (χ0v) is 6.91. The van der Waals surface area contributed by atoms with Crippen molar-refractivity contribution >= 4 is 0 Å². The first-order valence-electron chi connectivity index (χ1n) is 3.78. The lowest BCUT2D eigenvalue weighted by Crippen LogP contribution is -2.16. The number of allylic oxidation sites excluding steroid dienone is 1. The fourth-order valence-corrected chi connectivity index (χ4v) is 0.919. The Balaban J connectivity index is 2.41. The highest BCUT2D eigenvalue weighted by Gasteiger charge is 2.25. The molecule has 1 heterocycles. The Labute approximate surface area is 66.6 Å². The topological polar surface area (TPSA) is 38.7 Å². The molecule has 2 unspecified atom stereocenters. The summed E-state index contributed by atoms with van der Waals surface area (Å²) < 4.78 is 10.6. The summed E-state index contributed by atoms with van der Waals surface area (Å²) in [5.74, 6) is 0. The number of hydrogen-bond donors (Lipinski definition) is 1. The van der Waals surface area contributed by atoms with Crippen LogP contribution in [0.4, 0.5) is 0 Å². The molecular formula is C8H14O3. The van der Waals surface area contributed by atoms with E-state index in [1.165, 1.54) is 0 Å². The lowest BCUT2D eigenvalue weighted by atomic mass is 10.3. The van der Waals surface area contributed by atoms with Gasteiger partial charge in [-0.15, -0.1) is 0 Å². The van der Waals surface area contributed by atoms with Gasteiger partial charge < -0.3 is 14.6 Å². The van der Waals surface area contributed by atoms with Crippen molar-refractivity contribution in [1.82, 2.24) is 0 Å². The molecule has 0 aliphatic carbocycles. The van der Waals surface area contributed by atoms with E-state index in [1.54, 1.807) is 0 Å². The Morgan fingerprint density at radius 2 is 2.45 bits per heavy atom. The van der Waals surface area contributed by atoms with Crippen molar-refractivity contribution in [2.75, 3.05) is 13.2 Å². The smallest absolute Gasteiger partial charge is 0.180 e. The van der Waals surface area contributed by atoms with E-state index >= 15 is 0 Å². The Morgan fingerprint density at radius 3 is 2.91 bits per heavy atom.